The smallest absolute Gasteiger partial charge is 0.223 e. The van der Waals surface area contributed by atoms with Crippen LogP contribution in [0.15, 0.2) is 24.3 Å². The molecule has 2 fully saturated rings. The number of Topliss-reactive ketones (excluding diaryl/α,β-unsaturated/α-hetero) is 1. The number of amides is 1. The van der Waals surface area contributed by atoms with Gasteiger partial charge in [0.1, 0.15) is 6.54 Å². The number of quaternary nitrogens is 1. The van der Waals surface area contributed by atoms with Crippen LogP contribution in [0.5, 0.6) is 0 Å². The number of nitrogens with one attached hydrogen (secondary N) is 2. The lowest BCUT2D eigenvalue weighted by molar-refractivity contribution is -0.896. The Morgan fingerprint density at radius 1 is 1.00 bits per heavy atom. The summed E-state index contributed by atoms with van der Waals surface area (Å²) >= 11 is 0. The minimum atomic E-state index is 0.222. The number of piperidine rings is 1. The van der Waals surface area contributed by atoms with E-state index in [9.17, 15) is 9.59 Å². The SMILES string of the molecule is Cc1ccc(C(=O)C[NH+]2CCC(NC(=O)C3CCCCC3)CC2)cc1. The number of hydrogen-bond acceptors (Lipinski definition) is 2. The molecule has 1 aromatic rings. The zero-order valence-corrected chi connectivity index (χ0v) is 15.4. The lowest BCUT2D eigenvalue weighted by Gasteiger charge is -2.31. The van der Waals surface area contributed by atoms with Crippen molar-refractivity contribution in [1.29, 1.82) is 0 Å². The van der Waals surface area contributed by atoms with Crippen molar-refractivity contribution in [3.8, 4) is 0 Å². The Morgan fingerprint density at radius 3 is 2.28 bits per heavy atom. The van der Waals surface area contributed by atoms with E-state index in [-0.39, 0.29) is 17.6 Å². The maximum atomic E-state index is 12.4. The van der Waals surface area contributed by atoms with Gasteiger partial charge >= 0.3 is 0 Å². The van der Waals surface area contributed by atoms with Crippen LogP contribution < -0.4 is 10.2 Å². The first-order valence-electron chi connectivity index (χ1n) is 9.85. The van der Waals surface area contributed by atoms with E-state index < -0.39 is 0 Å². The number of benzene rings is 1. The average Bonchev–Trinajstić information content (AvgIpc) is 2.64. The van der Waals surface area contributed by atoms with Crippen molar-refractivity contribution in [3.05, 3.63) is 35.4 Å². The minimum absolute atomic E-state index is 0.222. The molecule has 0 unspecified atom stereocenters. The molecule has 0 spiro atoms. The summed E-state index contributed by atoms with van der Waals surface area (Å²) in [6.45, 7) is 4.53. The maximum absolute atomic E-state index is 12.4. The van der Waals surface area contributed by atoms with Crippen LogP contribution in [0.3, 0.4) is 0 Å². The summed E-state index contributed by atoms with van der Waals surface area (Å²) in [5.74, 6) is 0.728. The number of rotatable bonds is 5. The molecule has 1 aromatic carbocycles. The van der Waals surface area contributed by atoms with Gasteiger partial charge in [-0.2, -0.15) is 0 Å². The van der Waals surface area contributed by atoms with Crippen molar-refractivity contribution < 1.29 is 14.5 Å². The quantitative estimate of drug-likeness (QED) is 0.803. The van der Waals surface area contributed by atoms with Crippen LogP contribution in [0.25, 0.3) is 0 Å². The summed E-state index contributed by atoms with van der Waals surface area (Å²) in [4.78, 5) is 26.1. The standard InChI is InChI=1S/C21H30N2O2/c1-16-7-9-17(10-8-16)20(24)15-23-13-11-19(12-14-23)22-21(25)18-5-3-2-4-6-18/h7-10,18-19H,2-6,11-15H2,1H3,(H,22,25)/p+1. The predicted molar refractivity (Wildman–Crippen MR) is 98.8 cm³/mol. The van der Waals surface area contributed by atoms with Crippen molar-refractivity contribution in [2.24, 2.45) is 5.92 Å². The topological polar surface area (TPSA) is 50.6 Å². The van der Waals surface area contributed by atoms with E-state index in [0.717, 1.165) is 44.3 Å². The van der Waals surface area contributed by atoms with Crippen LogP contribution in [-0.2, 0) is 4.79 Å². The molecular formula is C21H31N2O2+. The summed E-state index contributed by atoms with van der Waals surface area (Å²) in [7, 11) is 0. The van der Waals surface area contributed by atoms with Crippen LogP contribution in [0.1, 0.15) is 60.9 Å². The van der Waals surface area contributed by atoms with Crippen LogP contribution in [0, 0.1) is 12.8 Å². The Kier molecular flexibility index (Phi) is 6.24. The van der Waals surface area contributed by atoms with Gasteiger partial charge in [-0.05, 0) is 19.8 Å². The number of likely N-dealkylation sites (tertiary alicyclic amines) is 1. The second-order valence-electron chi connectivity index (χ2n) is 7.83. The Balaban J connectivity index is 1.41. The zero-order valence-electron chi connectivity index (χ0n) is 15.4. The second-order valence-corrected chi connectivity index (χ2v) is 7.83. The van der Waals surface area contributed by atoms with E-state index in [1.807, 2.05) is 31.2 Å². The molecule has 0 bridgehead atoms. The van der Waals surface area contributed by atoms with Gasteiger partial charge in [0.15, 0.2) is 0 Å². The Hall–Kier alpha value is -1.68. The molecule has 136 valence electrons. The number of carbonyl (C=O) groups excluding carboxylic acids is 2. The van der Waals surface area contributed by atoms with Gasteiger partial charge in [0.25, 0.3) is 0 Å². The lowest BCUT2D eigenvalue weighted by atomic mass is 9.88. The molecule has 1 heterocycles. The molecule has 3 rings (SSSR count). The van der Waals surface area contributed by atoms with Crippen molar-refractivity contribution in [3.63, 3.8) is 0 Å². The van der Waals surface area contributed by atoms with E-state index in [2.05, 4.69) is 5.32 Å². The number of aryl methyl sites for hydroxylation is 1. The molecule has 0 atom stereocenters. The van der Waals surface area contributed by atoms with Gasteiger partial charge in [0.05, 0.1) is 13.1 Å². The Morgan fingerprint density at radius 2 is 1.64 bits per heavy atom. The molecule has 0 aromatic heterocycles. The van der Waals surface area contributed by atoms with Crippen LogP contribution in [0.2, 0.25) is 0 Å². The van der Waals surface area contributed by atoms with E-state index in [4.69, 9.17) is 0 Å². The van der Waals surface area contributed by atoms with E-state index >= 15 is 0 Å². The molecule has 4 nitrogen and oxygen atoms in total. The van der Waals surface area contributed by atoms with Crippen LogP contribution in [-0.4, -0.2) is 37.4 Å². The highest BCUT2D eigenvalue weighted by molar-refractivity contribution is 5.96. The molecule has 0 radical (unpaired) electrons. The third-order valence-corrected chi connectivity index (χ3v) is 5.80. The number of carbonyl (C=O) groups is 2. The molecule has 2 N–H and O–H groups in total. The fourth-order valence-corrected chi connectivity index (χ4v) is 4.10. The van der Waals surface area contributed by atoms with Crippen LogP contribution >= 0.6 is 0 Å². The molecular weight excluding hydrogens is 312 g/mol. The fourth-order valence-electron chi connectivity index (χ4n) is 4.10. The fraction of sp³-hybridized carbons (Fsp3) is 0.619. The maximum Gasteiger partial charge on any atom is 0.223 e. The monoisotopic (exact) mass is 343 g/mol. The summed E-state index contributed by atoms with van der Waals surface area (Å²) in [6, 6.07) is 8.14. The molecule has 1 aliphatic carbocycles. The van der Waals surface area contributed by atoms with Crippen molar-refractivity contribution in [2.45, 2.75) is 57.9 Å². The lowest BCUT2D eigenvalue weighted by Crippen LogP contribution is -3.14. The van der Waals surface area contributed by atoms with Gasteiger partial charge in [-0.1, -0.05) is 49.1 Å². The third kappa shape index (κ3) is 5.15. The molecule has 1 aliphatic heterocycles. The largest absolute Gasteiger partial charge is 0.353 e. The van der Waals surface area contributed by atoms with Gasteiger partial charge < -0.3 is 10.2 Å². The van der Waals surface area contributed by atoms with E-state index in [1.165, 1.54) is 29.7 Å². The first kappa shape index (κ1) is 18.1. The number of ketones is 1. The Bertz CT molecular complexity index is 582. The highest BCUT2D eigenvalue weighted by atomic mass is 16.2. The summed E-state index contributed by atoms with van der Waals surface area (Å²) in [6.07, 6.45) is 7.75. The van der Waals surface area contributed by atoms with Crippen molar-refractivity contribution in [1.82, 2.24) is 5.32 Å². The molecule has 4 heteroatoms. The molecule has 2 aliphatic rings. The van der Waals surface area contributed by atoms with Gasteiger partial charge in [-0.15, -0.1) is 0 Å². The molecule has 1 saturated carbocycles. The third-order valence-electron chi connectivity index (χ3n) is 5.80. The van der Waals surface area contributed by atoms with Gasteiger partial charge in [0, 0.05) is 30.4 Å². The highest BCUT2D eigenvalue weighted by Crippen LogP contribution is 2.24. The summed E-state index contributed by atoms with van der Waals surface area (Å²) in [5.41, 5.74) is 1.99. The molecule has 1 saturated heterocycles. The first-order chi connectivity index (χ1) is 12.1. The summed E-state index contributed by atoms with van der Waals surface area (Å²) < 4.78 is 0. The van der Waals surface area contributed by atoms with Crippen LogP contribution in [0.4, 0.5) is 0 Å². The minimum Gasteiger partial charge on any atom is -0.353 e. The van der Waals surface area contributed by atoms with Gasteiger partial charge in [-0.25, -0.2) is 0 Å². The first-order valence-corrected chi connectivity index (χ1v) is 9.85. The molecule has 25 heavy (non-hydrogen) atoms. The number of hydrogen-bond donors (Lipinski definition) is 2. The highest BCUT2D eigenvalue weighted by Gasteiger charge is 2.28. The zero-order chi connectivity index (χ0) is 17.6. The van der Waals surface area contributed by atoms with Gasteiger partial charge in [-0.3, -0.25) is 9.59 Å². The van der Waals surface area contributed by atoms with E-state index in [0.29, 0.717) is 12.6 Å². The van der Waals surface area contributed by atoms with E-state index in [1.54, 1.807) is 0 Å². The van der Waals surface area contributed by atoms with Crippen molar-refractivity contribution >= 4 is 11.7 Å². The van der Waals surface area contributed by atoms with Gasteiger partial charge in [0.2, 0.25) is 11.7 Å². The predicted octanol–water partition coefficient (Wildman–Crippen LogP) is 1.92. The average molecular weight is 343 g/mol. The molecule has 1 amide bonds. The van der Waals surface area contributed by atoms with Crippen molar-refractivity contribution in [2.75, 3.05) is 19.6 Å². The normalized spacial score (nSPS) is 24.7. The Labute approximate surface area is 151 Å². The second kappa shape index (κ2) is 8.61. The summed E-state index contributed by atoms with van der Waals surface area (Å²) in [5, 5.41) is 3.26.